The number of aliphatic hydroxyl groups excluding tert-OH is 7. The van der Waals surface area contributed by atoms with E-state index in [1.54, 1.807) is 0 Å². The summed E-state index contributed by atoms with van der Waals surface area (Å²) < 4.78 is 33.4. The van der Waals surface area contributed by atoms with Crippen molar-refractivity contribution in [3.63, 3.8) is 0 Å². The highest BCUT2D eigenvalue weighted by Crippen LogP contribution is 2.26. The lowest BCUT2D eigenvalue weighted by atomic mass is 9.98. The predicted molar refractivity (Wildman–Crippen MR) is 243 cm³/mol. The number of aliphatic hydroxyl groups is 7. The normalized spacial score (nSPS) is 27.1. The Bertz CT molecular complexity index is 1350. The molecule has 2 fully saturated rings. The van der Waals surface area contributed by atoms with Crippen LogP contribution in [0.25, 0.3) is 0 Å². The first-order valence-electron chi connectivity index (χ1n) is 23.9. The summed E-state index contributed by atoms with van der Waals surface area (Å²) in [5.41, 5.74) is 0. The minimum absolute atomic E-state index is 0.124. The fourth-order valence-electron chi connectivity index (χ4n) is 7.02. The van der Waals surface area contributed by atoms with E-state index in [9.17, 15) is 45.3 Å². The Balaban J connectivity index is 1.86. The van der Waals surface area contributed by atoms with Crippen molar-refractivity contribution >= 4 is 11.9 Å². The molecule has 2 aliphatic rings. The summed E-state index contributed by atoms with van der Waals surface area (Å²) in [7, 11) is 0. The number of carbonyl (C=O) groups excluding carboxylic acids is 2. The second-order valence-corrected chi connectivity index (χ2v) is 16.5. The molecule has 0 saturated carbocycles. The summed E-state index contributed by atoms with van der Waals surface area (Å²) in [5.74, 6) is -0.982. The van der Waals surface area contributed by atoms with E-state index in [0.717, 1.165) is 83.5 Å². The molecule has 2 saturated heterocycles. The van der Waals surface area contributed by atoms with E-state index in [0.29, 0.717) is 12.8 Å². The molecule has 2 rings (SSSR count). The predicted octanol–water partition coefficient (Wildman–Crippen LogP) is 5.70. The van der Waals surface area contributed by atoms with Crippen molar-refractivity contribution in [3.8, 4) is 0 Å². The van der Waals surface area contributed by atoms with E-state index in [1.807, 2.05) is 0 Å². The molecule has 0 aliphatic carbocycles. The molecule has 0 spiro atoms. The number of esters is 2. The van der Waals surface area contributed by atoms with Crippen LogP contribution in [0.5, 0.6) is 0 Å². The van der Waals surface area contributed by atoms with E-state index < -0.39 is 99.3 Å². The second kappa shape index (κ2) is 36.3. The van der Waals surface area contributed by atoms with Gasteiger partial charge in [0.05, 0.1) is 19.8 Å². The molecule has 11 atom stereocenters. The smallest absolute Gasteiger partial charge is 0.306 e. The van der Waals surface area contributed by atoms with Gasteiger partial charge in [0.2, 0.25) is 0 Å². The number of carbonyl (C=O) groups is 2. The van der Waals surface area contributed by atoms with Gasteiger partial charge in [0.25, 0.3) is 0 Å². The minimum atomic E-state index is -1.77. The van der Waals surface area contributed by atoms with Crippen molar-refractivity contribution in [2.24, 2.45) is 0 Å². The number of allylic oxidation sites excluding steroid dienone is 10. The molecule has 15 heteroatoms. The van der Waals surface area contributed by atoms with Crippen LogP contribution in [0.15, 0.2) is 60.8 Å². The van der Waals surface area contributed by atoms with Crippen LogP contribution in [0, 0.1) is 0 Å². The van der Waals surface area contributed by atoms with E-state index >= 15 is 0 Å². The van der Waals surface area contributed by atoms with Crippen molar-refractivity contribution in [1.29, 1.82) is 0 Å². The molecule has 0 amide bonds. The molecule has 0 aromatic carbocycles. The Kier molecular flexibility index (Phi) is 32.5. The van der Waals surface area contributed by atoms with Crippen molar-refractivity contribution in [1.82, 2.24) is 0 Å². The lowest BCUT2D eigenvalue weighted by Gasteiger charge is -2.42. The van der Waals surface area contributed by atoms with Gasteiger partial charge >= 0.3 is 11.9 Å². The molecule has 368 valence electrons. The lowest BCUT2D eigenvalue weighted by Crippen LogP contribution is -2.61. The van der Waals surface area contributed by atoms with Crippen molar-refractivity contribution in [3.05, 3.63) is 60.8 Å². The fraction of sp³-hybridized carbons (Fsp3) is 0.755. The Morgan fingerprint density at radius 1 is 0.516 bits per heavy atom. The third-order valence-electron chi connectivity index (χ3n) is 11.0. The van der Waals surface area contributed by atoms with Gasteiger partial charge in [-0.15, -0.1) is 0 Å². The van der Waals surface area contributed by atoms with Crippen LogP contribution in [0.4, 0.5) is 0 Å². The zero-order chi connectivity index (χ0) is 46.8. The van der Waals surface area contributed by atoms with Gasteiger partial charge < -0.3 is 64.2 Å². The second-order valence-electron chi connectivity index (χ2n) is 16.5. The number of hydrogen-bond acceptors (Lipinski definition) is 15. The molecule has 0 radical (unpaired) electrons. The molecular formula is C49H82O15. The number of ether oxygens (including phenoxy) is 6. The number of unbranched alkanes of at least 4 members (excludes halogenated alkanes) is 11. The highest BCUT2D eigenvalue weighted by atomic mass is 16.7. The highest BCUT2D eigenvalue weighted by Gasteiger charge is 2.47. The van der Waals surface area contributed by atoms with E-state index in [4.69, 9.17) is 28.4 Å². The summed E-state index contributed by atoms with van der Waals surface area (Å²) in [6, 6.07) is 0. The minimum Gasteiger partial charge on any atom is -0.462 e. The van der Waals surface area contributed by atoms with Crippen molar-refractivity contribution in [2.75, 3.05) is 26.4 Å². The molecule has 0 aromatic rings. The summed E-state index contributed by atoms with van der Waals surface area (Å²) in [6.45, 7) is 2.37. The Labute approximate surface area is 381 Å². The summed E-state index contributed by atoms with van der Waals surface area (Å²) >= 11 is 0. The quantitative estimate of drug-likeness (QED) is 0.0230. The van der Waals surface area contributed by atoms with E-state index in [1.165, 1.54) is 19.3 Å². The van der Waals surface area contributed by atoms with Gasteiger partial charge in [-0.3, -0.25) is 9.59 Å². The monoisotopic (exact) mass is 911 g/mol. The average molecular weight is 911 g/mol. The Hall–Kier alpha value is -2.80. The molecule has 2 aliphatic heterocycles. The van der Waals surface area contributed by atoms with Crippen LogP contribution in [-0.4, -0.2) is 142 Å². The van der Waals surface area contributed by atoms with Crippen LogP contribution >= 0.6 is 0 Å². The first-order valence-corrected chi connectivity index (χ1v) is 23.9. The lowest BCUT2D eigenvalue weighted by molar-refractivity contribution is -0.332. The number of hydrogen-bond donors (Lipinski definition) is 7. The van der Waals surface area contributed by atoms with Crippen LogP contribution in [0.3, 0.4) is 0 Å². The van der Waals surface area contributed by atoms with Crippen LogP contribution in [-0.2, 0) is 38.0 Å². The summed E-state index contributed by atoms with van der Waals surface area (Å²) in [5, 5.41) is 71.9. The molecule has 0 bridgehead atoms. The summed E-state index contributed by atoms with van der Waals surface area (Å²) in [6.07, 6.45) is 22.6. The topological polar surface area (TPSA) is 231 Å². The van der Waals surface area contributed by atoms with Gasteiger partial charge in [0.15, 0.2) is 18.7 Å². The first kappa shape index (κ1) is 57.3. The third-order valence-corrected chi connectivity index (χ3v) is 11.0. The maximum absolute atomic E-state index is 12.9. The van der Waals surface area contributed by atoms with Gasteiger partial charge in [0, 0.05) is 12.8 Å². The highest BCUT2D eigenvalue weighted by molar-refractivity contribution is 5.70. The maximum atomic E-state index is 12.9. The van der Waals surface area contributed by atoms with Crippen LogP contribution in [0.2, 0.25) is 0 Å². The van der Waals surface area contributed by atoms with Gasteiger partial charge in [0.1, 0.15) is 55.4 Å². The molecule has 64 heavy (non-hydrogen) atoms. The molecule has 2 heterocycles. The molecule has 11 unspecified atom stereocenters. The largest absolute Gasteiger partial charge is 0.462 e. The number of rotatable bonds is 35. The molecule has 15 nitrogen and oxygen atoms in total. The SMILES string of the molecule is CC/C=C\C/C=C\C/C=C\CCCCCC(=O)OC(COC(=O)CCCCCCC/C=C\C/C=C\CCCCC)COC1OC(COC2OC(CO)C(O)C(O)C2O)C(O)C(O)C1O. The van der Waals surface area contributed by atoms with Gasteiger partial charge in [-0.1, -0.05) is 113 Å². The van der Waals surface area contributed by atoms with E-state index in [2.05, 4.69) is 74.6 Å². The maximum Gasteiger partial charge on any atom is 0.306 e. The molecule has 0 aromatic heterocycles. The third kappa shape index (κ3) is 24.6. The Morgan fingerprint density at radius 2 is 0.984 bits per heavy atom. The first-order chi connectivity index (χ1) is 31.0. The van der Waals surface area contributed by atoms with E-state index in [-0.39, 0.29) is 19.4 Å². The zero-order valence-electron chi connectivity index (χ0n) is 38.5. The Morgan fingerprint density at radius 3 is 1.56 bits per heavy atom. The van der Waals surface area contributed by atoms with Crippen molar-refractivity contribution in [2.45, 2.75) is 210 Å². The fourth-order valence-corrected chi connectivity index (χ4v) is 7.02. The zero-order valence-corrected chi connectivity index (χ0v) is 38.5. The average Bonchev–Trinajstić information content (AvgIpc) is 3.29. The van der Waals surface area contributed by atoms with Crippen LogP contribution in [0.1, 0.15) is 142 Å². The summed E-state index contributed by atoms with van der Waals surface area (Å²) in [4.78, 5) is 25.7. The van der Waals surface area contributed by atoms with Gasteiger partial charge in [-0.2, -0.15) is 0 Å². The van der Waals surface area contributed by atoms with Crippen LogP contribution < -0.4 is 0 Å². The standard InChI is InChI=1S/C49H82O15/c1-3-5-7-9-11-13-15-17-18-20-21-23-25-27-29-31-40(51)59-34-37(62-41(52)32-30-28-26-24-22-19-16-14-12-10-8-6-4-2)35-60-48-47(58)45(56)43(54)39(64-48)36-61-49-46(57)44(55)42(53)38(33-50)63-49/h6,8,11-14,17-19,22,37-39,42-50,53-58H,3-5,7,9-10,15-16,20-21,23-36H2,1-2H3/b8-6-,13-11-,14-12-,18-17-,22-19-. The van der Waals surface area contributed by atoms with Gasteiger partial charge in [-0.25, -0.2) is 0 Å². The molecular weight excluding hydrogens is 829 g/mol. The van der Waals surface area contributed by atoms with Crippen molar-refractivity contribution < 1.29 is 73.8 Å². The van der Waals surface area contributed by atoms with Gasteiger partial charge in [-0.05, 0) is 77.0 Å². The molecule has 7 N–H and O–H groups in total.